The highest BCUT2D eigenvalue weighted by Crippen LogP contribution is 2.33. The largest absolute Gasteiger partial charge is 0.368 e. The molecule has 0 spiro atoms. The fraction of sp³-hybridized carbons (Fsp3) is 0.280. The summed E-state index contributed by atoms with van der Waals surface area (Å²) >= 11 is 6.04. The predicted octanol–water partition coefficient (Wildman–Crippen LogP) is 4.04. The molecule has 0 radical (unpaired) electrons. The van der Waals surface area contributed by atoms with Crippen LogP contribution < -0.4 is 4.90 Å². The maximum Gasteiger partial charge on any atom is 0.278 e. The number of benzene rings is 2. The first kappa shape index (κ1) is 21.2. The number of nitrogens with zero attached hydrogens (tertiary/aromatic N) is 3. The van der Waals surface area contributed by atoms with E-state index in [-0.39, 0.29) is 18.4 Å². The van der Waals surface area contributed by atoms with Crippen LogP contribution in [0, 0.1) is 13.8 Å². The third kappa shape index (κ3) is 3.86. The molecule has 0 aliphatic carbocycles. The molecule has 1 fully saturated rings. The van der Waals surface area contributed by atoms with Crippen LogP contribution in [0.25, 0.3) is 5.57 Å². The summed E-state index contributed by atoms with van der Waals surface area (Å²) in [6, 6.07) is 13.4. The van der Waals surface area contributed by atoms with Gasteiger partial charge in [0, 0.05) is 43.4 Å². The lowest BCUT2D eigenvalue weighted by atomic mass is 10.0. The van der Waals surface area contributed by atoms with Crippen LogP contribution in [-0.2, 0) is 9.59 Å². The van der Waals surface area contributed by atoms with E-state index in [1.165, 1.54) is 21.7 Å². The van der Waals surface area contributed by atoms with E-state index in [1.807, 2.05) is 0 Å². The van der Waals surface area contributed by atoms with Gasteiger partial charge in [0.05, 0.1) is 5.57 Å². The van der Waals surface area contributed by atoms with Gasteiger partial charge in [0.15, 0.2) is 0 Å². The number of hydrogen-bond donors (Lipinski definition) is 0. The van der Waals surface area contributed by atoms with Gasteiger partial charge in [-0.2, -0.15) is 0 Å². The van der Waals surface area contributed by atoms with Crippen molar-refractivity contribution in [2.45, 2.75) is 13.8 Å². The van der Waals surface area contributed by atoms with Crippen molar-refractivity contribution >= 4 is 34.7 Å². The molecule has 0 bridgehead atoms. The van der Waals surface area contributed by atoms with Crippen molar-refractivity contribution in [3.05, 3.63) is 82.5 Å². The minimum Gasteiger partial charge on any atom is -0.368 e. The monoisotopic (exact) mass is 435 g/mol. The van der Waals surface area contributed by atoms with Gasteiger partial charge >= 0.3 is 0 Å². The Hall–Kier alpha value is -3.05. The number of aryl methyl sites for hydroxylation is 1. The standard InChI is InChI=1S/C25H26ClN3O2/c1-4-12-29-24(30)22(19-8-10-20(26)11-9-19)23(25(29)31)28-15-13-27(14-16-28)21-7-5-6-17(2)18(21)3/h4-11H,1,12-16H2,2-3H3. The highest BCUT2D eigenvalue weighted by molar-refractivity contribution is 6.36. The van der Waals surface area contributed by atoms with Crippen molar-refractivity contribution in [3.8, 4) is 0 Å². The van der Waals surface area contributed by atoms with Gasteiger partial charge < -0.3 is 9.80 Å². The van der Waals surface area contributed by atoms with E-state index in [1.54, 1.807) is 30.3 Å². The van der Waals surface area contributed by atoms with Crippen LogP contribution in [0.15, 0.2) is 60.8 Å². The Labute approximate surface area is 188 Å². The molecule has 2 aromatic rings. The van der Waals surface area contributed by atoms with E-state index in [0.717, 1.165) is 13.1 Å². The average Bonchev–Trinajstić information content (AvgIpc) is 3.01. The number of rotatable bonds is 5. The first-order valence-corrected chi connectivity index (χ1v) is 10.8. The Morgan fingerprint density at radius 3 is 2.23 bits per heavy atom. The molecule has 0 saturated carbocycles. The van der Waals surface area contributed by atoms with Gasteiger partial charge in [-0.15, -0.1) is 6.58 Å². The molecule has 4 rings (SSSR count). The first-order chi connectivity index (χ1) is 14.9. The maximum absolute atomic E-state index is 13.2. The van der Waals surface area contributed by atoms with Crippen LogP contribution in [0.4, 0.5) is 5.69 Å². The SMILES string of the molecule is C=CCN1C(=O)C(c2ccc(Cl)cc2)=C(N2CCN(c3cccc(C)c3C)CC2)C1=O. The van der Waals surface area contributed by atoms with Crippen LogP contribution in [0.3, 0.4) is 0 Å². The molecule has 2 heterocycles. The molecule has 2 aliphatic heterocycles. The Morgan fingerprint density at radius 1 is 0.935 bits per heavy atom. The number of carbonyl (C=O) groups excluding carboxylic acids is 2. The number of amides is 2. The summed E-state index contributed by atoms with van der Waals surface area (Å²) < 4.78 is 0. The molecule has 160 valence electrons. The lowest BCUT2D eigenvalue weighted by molar-refractivity contribution is -0.136. The molecule has 0 unspecified atom stereocenters. The smallest absolute Gasteiger partial charge is 0.278 e. The van der Waals surface area contributed by atoms with Gasteiger partial charge in [-0.05, 0) is 48.7 Å². The number of halogens is 1. The summed E-state index contributed by atoms with van der Waals surface area (Å²) in [5.74, 6) is -0.533. The Morgan fingerprint density at radius 2 is 1.58 bits per heavy atom. The lowest BCUT2D eigenvalue weighted by Crippen LogP contribution is -2.47. The van der Waals surface area contributed by atoms with Crippen LogP contribution in [-0.4, -0.2) is 54.3 Å². The third-order valence-electron chi connectivity index (χ3n) is 6.10. The molecule has 0 atom stereocenters. The minimum absolute atomic E-state index is 0.195. The highest BCUT2D eigenvalue weighted by atomic mass is 35.5. The van der Waals surface area contributed by atoms with E-state index in [0.29, 0.717) is 34.9 Å². The van der Waals surface area contributed by atoms with E-state index in [9.17, 15) is 9.59 Å². The molecule has 2 aromatic carbocycles. The van der Waals surface area contributed by atoms with E-state index < -0.39 is 0 Å². The fourth-order valence-electron chi connectivity index (χ4n) is 4.28. The molecule has 1 saturated heterocycles. The molecule has 31 heavy (non-hydrogen) atoms. The fourth-order valence-corrected chi connectivity index (χ4v) is 4.40. The molecule has 2 amide bonds. The zero-order valence-corrected chi connectivity index (χ0v) is 18.7. The van der Waals surface area contributed by atoms with Gasteiger partial charge in [0.2, 0.25) is 0 Å². The molecule has 6 heteroatoms. The molecule has 5 nitrogen and oxygen atoms in total. The molecular weight excluding hydrogens is 410 g/mol. The van der Waals surface area contributed by atoms with Gasteiger partial charge in [0.1, 0.15) is 5.70 Å². The second-order valence-corrected chi connectivity index (χ2v) is 8.37. The van der Waals surface area contributed by atoms with Gasteiger partial charge in [0.25, 0.3) is 11.8 Å². The van der Waals surface area contributed by atoms with Gasteiger partial charge in [-0.3, -0.25) is 14.5 Å². The maximum atomic E-state index is 13.2. The summed E-state index contributed by atoms with van der Waals surface area (Å²) in [6.07, 6.45) is 1.58. The Kier molecular flexibility index (Phi) is 5.88. The second kappa shape index (κ2) is 8.60. The average molecular weight is 436 g/mol. The Bertz CT molecular complexity index is 1070. The Balaban J connectivity index is 1.64. The summed E-state index contributed by atoms with van der Waals surface area (Å²) in [4.78, 5) is 32.0. The zero-order valence-electron chi connectivity index (χ0n) is 17.9. The van der Waals surface area contributed by atoms with Gasteiger partial charge in [-0.1, -0.05) is 41.9 Å². The van der Waals surface area contributed by atoms with E-state index in [4.69, 9.17) is 11.6 Å². The predicted molar refractivity (Wildman–Crippen MR) is 125 cm³/mol. The molecule has 0 N–H and O–H groups in total. The summed E-state index contributed by atoms with van der Waals surface area (Å²) in [7, 11) is 0. The summed E-state index contributed by atoms with van der Waals surface area (Å²) in [6.45, 7) is 11.1. The molecule has 0 aromatic heterocycles. The number of imide groups is 1. The van der Waals surface area contributed by atoms with Crippen LogP contribution >= 0.6 is 11.6 Å². The number of carbonyl (C=O) groups is 2. The normalized spacial score (nSPS) is 17.1. The van der Waals surface area contributed by atoms with E-state index in [2.05, 4.69) is 48.4 Å². The van der Waals surface area contributed by atoms with Crippen LogP contribution in [0.5, 0.6) is 0 Å². The molecule has 2 aliphatic rings. The minimum atomic E-state index is -0.279. The van der Waals surface area contributed by atoms with Gasteiger partial charge in [-0.25, -0.2) is 0 Å². The van der Waals surface area contributed by atoms with Crippen LogP contribution in [0.2, 0.25) is 5.02 Å². The molecular formula is C25H26ClN3O2. The zero-order chi connectivity index (χ0) is 22.1. The van der Waals surface area contributed by atoms with E-state index >= 15 is 0 Å². The van der Waals surface area contributed by atoms with Crippen molar-refractivity contribution in [2.24, 2.45) is 0 Å². The highest BCUT2D eigenvalue weighted by Gasteiger charge is 2.41. The third-order valence-corrected chi connectivity index (χ3v) is 6.35. The van der Waals surface area contributed by atoms with Crippen molar-refractivity contribution in [2.75, 3.05) is 37.6 Å². The number of hydrogen-bond acceptors (Lipinski definition) is 4. The van der Waals surface area contributed by atoms with Crippen molar-refractivity contribution < 1.29 is 9.59 Å². The topological polar surface area (TPSA) is 43.9 Å². The van der Waals surface area contributed by atoms with Crippen molar-refractivity contribution in [1.29, 1.82) is 0 Å². The number of piperazine rings is 1. The van der Waals surface area contributed by atoms with Crippen molar-refractivity contribution in [3.63, 3.8) is 0 Å². The lowest BCUT2D eigenvalue weighted by Gasteiger charge is -2.38. The second-order valence-electron chi connectivity index (χ2n) is 7.93. The van der Waals surface area contributed by atoms with Crippen molar-refractivity contribution in [1.82, 2.24) is 9.80 Å². The summed E-state index contributed by atoms with van der Waals surface area (Å²) in [5, 5.41) is 0.591. The van der Waals surface area contributed by atoms with Crippen LogP contribution in [0.1, 0.15) is 16.7 Å². The summed E-state index contributed by atoms with van der Waals surface area (Å²) in [5.41, 5.74) is 5.42. The quantitative estimate of drug-likeness (QED) is 0.525. The number of anilines is 1. The first-order valence-electron chi connectivity index (χ1n) is 10.5.